The summed E-state index contributed by atoms with van der Waals surface area (Å²) in [5, 5.41) is 5.11. The molecular formula is C24H23N. The van der Waals surface area contributed by atoms with Gasteiger partial charge in [0.15, 0.2) is 0 Å². The Bertz CT molecular complexity index is 1040. The summed E-state index contributed by atoms with van der Waals surface area (Å²) in [6.45, 7) is 6.80. The van der Waals surface area contributed by atoms with E-state index in [1.54, 1.807) is 0 Å². The van der Waals surface area contributed by atoms with Gasteiger partial charge in [0.2, 0.25) is 0 Å². The summed E-state index contributed by atoms with van der Waals surface area (Å²) in [5.41, 5.74) is 2.44. The van der Waals surface area contributed by atoms with Crippen molar-refractivity contribution in [3.8, 4) is 0 Å². The lowest BCUT2D eigenvalue weighted by Gasteiger charge is -2.38. The molecule has 0 aromatic heterocycles. The molecule has 0 spiro atoms. The fraction of sp³-hybridized carbons (Fsp3) is 0.167. The van der Waals surface area contributed by atoms with Crippen LogP contribution in [0.5, 0.6) is 0 Å². The largest absolute Gasteiger partial charge is 0.336 e. The molecule has 0 unspecified atom stereocenters. The third kappa shape index (κ3) is 2.87. The monoisotopic (exact) mass is 325 g/mol. The molecule has 0 amide bonds. The Labute approximate surface area is 149 Å². The van der Waals surface area contributed by atoms with Crippen molar-refractivity contribution in [2.24, 2.45) is 0 Å². The first-order valence-electron chi connectivity index (χ1n) is 8.81. The molecule has 4 rings (SSSR count). The van der Waals surface area contributed by atoms with Crippen LogP contribution in [0.2, 0.25) is 0 Å². The van der Waals surface area contributed by atoms with Crippen LogP contribution in [0.3, 0.4) is 0 Å². The van der Waals surface area contributed by atoms with Gasteiger partial charge in [-0.3, -0.25) is 0 Å². The molecule has 1 nitrogen and oxygen atoms in total. The van der Waals surface area contributed by atoms with Crippen molar-refractivity contribution in [1.82, 2.24) is 0 Å². The predicted molar refractivity (Wildman–Crippen MR) is 110 cm³/mol. The number of nitrogens with zero attached hydrogens (tertiary/aromatic N) is 1. The van der Waals surface area contributed by atoms with Gasteiger partial charge in [-0.2, -0.15) is 0 Å². The van der Waals surface area contributed by atoms with E-state index in [4.69, 9.17) is 0 Å². The minimum absolute atomic E-state index is 0.0351. The Morgan fingerprint density at radius 3 is 2.00 bits per heavy atom. The molecule has 0 bridgehead atoms. The molecular weight excluding hydrogens is 302 g/mol. The first-order valence-corrected chi connectivity index (χ1v) is 8.81. The minimum Gasteiger partial charge on any atom is -0.336 e. The second-order valence-corrected chi connectivity index (χ2v) is 7.54. The van der Waals surface area contributed by atoms with Crippen LogP contribution in [0.25, 0.3) is 21.5 Å². The Kier molecular flexibility index (Phi) is 3.73. The van der Waals surface area contributed by atoms with Crippen LogP contribution in [0.1, 0.15) is 20.8 Å². The SMILES string of the molecule is CC(C)(C)N(c1ccc2ccccc2c1)c1cccc2ccccc12. The normalized spacial score (nSPS) is 11.8. The van der Waals surface area contributed by atoms with E-state index in [0.717, 1.165) is 0 Å². The van der Waals surface area contributed by atoms with E-state index < -0.39 is 0 Å². The fourth-order valence-corrected chi connectivity index (χ4v) is 3.61. The predicted octanol–water partition coefficient (Wildman–Crippen LogP) is 6.93. The summed E-state index contributed by atoms with van der Waals surface area (Å²) in [6, 6.07) is 30.5. The summed E-state index contributed by atoms with van der Waals surface area (Å²) in [5.74, 6) is 0. The van der Waals surface area contributed by atoms with Crippen LogP contribution in [0, 0.1) is 0 Å². The Hall–Kier alpha value is -2.80. The van der Waals surface area contributed by atoms with Crippen LogP contribution >= 0.6 is 0 Å². The number of benzene rings is 4. The molecule has 0 saturated carbocycles. The number of anilines is 2. The highest BCUT2D eigenvalue weighted by molar-refractivity contribution is 5.97. The molecule has 1 heteroatoms. The fourth-order valence-electron chi connectivity index (χ4n) is 3.61. The van der Waals surface area contributed by atoms with E-state index in [-0.39, 0.29) is 5.54 Å². The average Bonchev–Trinajstić information content (AvgIpc) is 2.61. The van der Waals surface area contributed by atoms with Gasteiger partial charge in [-0.1, -0.05) is 66.7 Å². The molecule has 0 atom stereocenters. The summed E-state index contributed by atoms with van der Waals surface area (Å²) >= 11 is 0. The maximum Gasteiger partial charge on any atom is 0.0495 e. The first-order chi connectivity index (χ1) is 12.0. The summed E-state index contributed by atoms with van der Waals surface area (Å²) in [6.07, 6.45) is 0. The van der Waals surface area contributed by atoms with Gasteiger partial charge in [-0.05, 0) is 55.1 Å². The second kappa shape index (κ2) is 5.93. The zero-order valence-electron chi connectivity index (χ0n) is 15.0. The number of rotatable bonds is 2. The van der Waals surface area contributed by atoms with Crippen molar-refractivity contribution < 1.29 is 0 Å². The van der Waals surface area contributed by atoms with Crippen molar-refractivity contribution >= 4 is 32.9 Å². The van der Waals surface area contributed by atoms with E-state index in [2.05, 4.69) is 111 Å². The van der Waals surface area contributed by atoms with Crippen LogP contribution in [0.15, 0.2) is 84.9 Å². The third-order valence-electron chi connectivity index (χ3n) is 4.67. The first kappa shape index (κ1) is 15.7. The smallest absolute Gasteiger partial charge is 0.0495 e. The van der Waals surface area contributed by atoms with Crippen LogP contribution in [-0.4, -0.2) is 5.54 Å². The van der Waals surface area contributed by atoms with Crippen molar-refractivity contribution in [3.63, 3.8) is 0 Å². The molecule has 0 aliphatic rings. The lowest BCUT2D eigenvalue weighted by atomic mass is 9.99. The molecule has 25 heavy (non-hydrogen) atoms. The number of fused-ring (bicyclic) bond motifs is 2. The van der Waals surface area contributed by atoms with Crippen molar-refractivity contribution in [1.29, 1.82) is 0 Å². The minimum atomic E-state index is -0.0351. The summed E-state index contributed by atoms with van der Waals surface area (Å²) in [7, 11) is 0. The standard InChI is InChI=1S/C24H23N/c1-24(2,3)25(21-16-15-18-9-4-5-11-20(18)17-21)23-14-8-12-19-10-6-7-13-22(19)23/h4-17H,1-3H3. The van der Waals surface area contributed by atoms with Crippen molar-refractivity contribution in [3.05, 3.63) is 84.9 Å². The van der Waals surface area contributed by atoms with Crippen molar-refractivity contribution in [2.45, 2.75) is 26.3 Å². The molecule has 4 aromatic carbocycles. The van der Waals surface area contributed by atoms with Gasteiger partial charge in [-0.25, -0.2) is 0 Å². The molecule has 0 heterocycles. The highest BCUT2D eigenvalue weighted by atomic mass is 15.2. The van der Waals surface area contributed by atoms with Gasteiger partial charge in [0, 0.05) is 22.3 Å². The van der Waals surface area contributed by atoms with Gasteiger partial charge in [0.1, 0.15) is 0 Å². The average molecular weight is 325 g/mol. The van der Waals surface area contributed by atoms with Gasteiger partial charge in [-0.15, -0.1) is 0 Å². The molecule has 0 saturated heterocycles. The lowest BCUT2D eigenvalue weighted by molar-refractivity contribution is 0.562. The molecule has 4 aromatic rings. The van der Waals surface area contributed by atoms with E-state index in [9.17, 15) is 0 Å². The van der Waals surface area contributed by atoms with Gasteiger partial charge >= 0.3 is 0 Å². The Morgan fingerprint density at radius 2 is 1.24 bits per heavy atom. The summed E-state index contributed by atoms with van der Waals surface area (Å²) in [4.78, 5) is 2.45. The third-order valence-corrected chi connectivity index (χ3v) is 4.67. The molecule has 0 aliphatic carbocycles. The lowest BCUT2D eigenvalue weighted by Crippen LogP contribution is -2.37. The Balaban J connectivity index is 1.96. The van der Waals surface area contributed by atoms with Crippen LogP contribution in [-0.2, 0) is 0 Å². The topological polar surface area (TPSA) is 3.24 Å². The zero-order chi connectivity index (χ0) is 17.4. The van der Waals surface area contributed by atoms with Gasteiger partial charge < -0.3 is 4.90 Å². The molecule has 0 radical (unpaired) electrons. The zero-order valence-corrected chi connectivity index (χ0v) is 15.0. The van der Waals surface area contributed by atoms with Gasteiger partial charge in [0.25, 0.3) is 0 Å². The Morgan fingerprint density at radius 1 is 0.600 bits per heavy atom. The molecule has 0 fully saturated rings. The van der Waals surface area contributed by atoms with E-state index in [1.807, 2.05) is 0 Å². The van der Waals surface area contributed by atoms with Crippen LogP contribution < -0.4 is 4.90 Å². The molecule has 0 N–H and O–H groups in total. The number of hydrogen-bond acceptors (Lipinski definition) is 1. The van der Waals surface area contributed by atoms with Gasteiger partial charge in [0.05, 0.1) is 0 Å². The molecule has 124 valence electrons. The molecule has 0 aliphatic heterocycles. The van der Waals surface area contributed by atoms with Crippen molar-refractivity contribution in [2.75, 3.05) is 4.90 Å². The van der Waals surface area contributed by atoms with Crippen LogP contribution in [0.4, 0.5) is 11.4 Å². The maximum atomic E-state index is 2.45. The van der Waals surface area contributed by atoms with E-state index in [0.29, 0.717) is 0 Å². The highest BCUT2D eigenvalue weighted by Gasteiger charge is 2.25. The summed E-state index contributed by atoms with van der Waals surface area (Å²) < 4.78 is 0. The number of hydrogen-bond donors (Lipinski definition) is 0. The van der Waals surface area contributed by atoms with E-state index in [1.165, 1.54) is 32.9 Å². The second-order valence-electron chi connectivity index (χ2n) is 7.54. The maximum absolute atomic E-state index is 2.45. The quantitative estimate of drug-likeness (QED) is 0.386. The highest BCUT2D eigenvalue weighted by Crippen LogP contribution is 2.38. The van der Waals surface area contributed by atoms with E-state index >= 15 is 0 Å².